The smallest absolute Gasteiger partial charge is 0.339 e. The van der Waals surface area contributed by atoms with Crippen LogP contribution in [0.25, 0.3) is 0 Å². The Morgan fingerprint density at radius 3 is 2.65 bits per heavy atom. The summed E-state index contributed by atoms with van der Waals surface area (Å²) in [6.07, 6.45) is 0.234. The lowest BCUT2D eigenvalue weighted by atomic mass is 10.2. The Kier molecular flexibility index (Phi) is 5.94. The highest BCUT2D eigenvalue weighted by molar-refractivity contribution is 5.88. The van der Waals surface area contributed by atoms with Crippen LogP contribution >= 0.6 is 0 Å². The molecule has 0 spiro atoms. The minimum absolute atomic E-state index is 0.112. The number of ether oxygens (including phenoxy) is 1. The third-order valence-electron chi connectivity index (χ3n) is 3.24. The predicted molar refractivity (Wildman–Crippen MR) is 83.0 cm³/mol. The van der Waals surface area contributed by atoms with E-state index >= 15 is 0 Å². The number of carboxylic acids is 1. The van der Waals surface area contributed by atoms with Gasteiger partial charge in [-0.25, -0.2) is 4.79 Å². The number of carboxylic acid groups (broad SMARTS) is 1. The minimum atomic E-state index is -1.04. The van der Waals surface area contributed by atoms with E-state index < -0.39 is 5.97 Å². The maximum Gasteiger partial charge on any atom is 0.339 e. The molecule has 0 aliphatic heterocycles. The summed E-state index contributed by atoms with van der Waals surface area (Å²) in [6, 6.07) is 11.1. The molecule has 0 aliphatic carbocycles. The first-order valence-electron chi connectivity index (χ1n) is 7.27. The number of carbonyl (C=O) groups excluding carboxylic acids is 1. The lowest BCUT2D eigenvalue weighted by molar-refractivity contribution is -0.122. The first-order valence-corrected chi connectivity index (χ1v) is 7.27. The number of amides is 1. The Balaban J connectivity index is 1.67. The highest BCUT2D eigenvalue weighted by atomic mass is 16.5. The molecule has 2 rings (SSSR count). The van der Waals surface area contributed by atoms with E-state index in [1.165, 1.54) is 6.07 Å². The predicted octanol–water partition coefficient (Wildman–Crippen LogP) is 2.51. The largest absolute Gasteiger partial charge is 0.478 e. The number of hydrogen-bond donors (Lipinski definition) is 2. The molecule has 0 unspecified atom stereocenters. The van der Waals surface area contributed by atoms with Crippen LogP contribution in [0.5, 0.6) is 0 Å². The van der Waals surface area contributed by atoms with Crippen LogP contribution in [0, 0.1) is 6.92 Å². The van der Waals surface area contributed by atoms with Gasteiger partial charge < -0.3 is 19.6 Å². The molecular formula is C17H19NO5. The third-order valence-corrected chi connectivity index (χ3v) is 3.24. The van der Waals surface area contributed by atoms with E-state index in [2.05, 4.69) is 5.32 Å². The van der Waals surface area contributed by atoms with E-state index in [1.807, 2.05) is 30.3 Å². The number of rotatable bonds is 8. The first-order chi connectivity index (χ1) is 11.1. The van der Waals surface area contributed by atoms with Gasteiger partial charge in [0, 0.05) is 6.42 Å². The lowest BCUT2D eigenvalue weighted by Crippen LogP contribution is -2.23. The number of carbonyl (C=O) groups is 2. The van der Waals surface area contributed by atoms with Gasteiger partial charge in [0.2, 0.25) is 5.91 Å². The van der Waals surface area contributed by atoms with Crippen LogP contribution in [0.15, 0.2) is 40.8 Å². The Labute approximate surface area is 134 Å². The number of nitrogens with one attached hydrogen (secondary N) is 1. The van der Waals surface area contributed by atoms with Gasteiger partial charge in [0.15, 0.2) is 0 Å². The van der Waals surface area contributed by atoms with Gasteiger partial charge in [0.1, 0.15) is 17.1 Å². The van der Waals surface area contributed by atoms with Crippen LogP contribution in [-0.4, -0.2) is 23.6 Å². The summed E-state index contributed by atoms with van der Waals surface area (Å²) in [5.41, 5.74) is 1.17. The zero-order valence-corrected chi connectivity index (χ0v) is 12.9. The lowest BCUT2D eigenvalue weighted by Gasteiger charge is -2.05. The molecular weight excluding hydrogens is 298 g/mol. The van der Waals surface area contributed by atoms with Crippen molar-refractivity contribution in [2.75, 3.05) is 6.61 Å². The fraction of sp³-hybridized carbons (Fsp3) is 0.294. The Bertz CT molecular complexity index is 663. The quantitative estimate of drug-likeness (QED) is 0.730. The molecule has 6 heteroatoms. The molecule has 23 heavy (non-hydrogen) atoms. The van der Waals surface area contributed by atoms with Crippen molar-refractivity contribution in [1.82, 2.24) is 5.32 Å². The van der Waals surface area contributed by atoms with Gasteiger partial charge in [-0.1, -0.05) is 30.3 Å². The summed E-state index contributed by atoms with van der Waals surface area (Å²) >= 11 is 0. The maximum atomic E-state index is 11.7. The molecule has 2 N–H and O–H groups in total. The average Bonchev–Trinajstić information content (AvgIpc) is 2.92. The number of aromatic carboxylic acids is 1. The molecule has 122 valence electrons. The zero-order chi connectivity index (χ0) is 16.7. The number of aryl methyl sites for hydroxylation is 1. The van der Waals surface area contributed by atoms with Gasteiger partial charge in [-0.05, 0) is 18.6 Å². The van der Waals surface area contributed by atoms with E-state index in [4.69, 9.17) is 14.3 Å². The molecule has 6 nitrogen and oxygen atoms in total. The molecule has 1 aromatic heterocycles. The molecule has 0 bridgehead atoms. The number of furan rings is 1. The number of hydrogen-bond acceptors (Lipinski definition) is 4. The Morgan fingerprint density at radius 2 is 2.00 bits per heavy atom. The van der Waals surface area contributed by atoms with Crippen LogP contribution in [0.2, 0.25) is 0 Å². The van der Waals surface area contributed by atoms with Crippen LogP contribution in [-0.2, 0) is 22.7 Å². The van der Waals surface area contributed by atoms with Crippen molar-refractivity contribution in [2.45, 2.75) is 26.5 Å². The topological polar surface area (TPSA) is 88.8 Å². The van der Waals surface area contributed by atoms with Crippen LogP contribution < -0.4 is 5.32 Å². The summed E-state index contributed by atoms with van der Waals surface area (Å²) < 4.78 is 10.7. The van der Waals surface area contributed by atoms with Crippen LogP contribution in [0.1, 0.15) is 33.9 Å². The van der Waals surface area contributed by atoms with Gasteiger partial charge in [0.25, 0.3) is 0 Å². The summed E-state index contributed by atoms with van der Waals surface area (Å²) in [4.78, 5) is 22.6. The summed E-state index contributed by atoms with van der Waals surface area (Å²) in [5, 5.41) is 11.6. The molecule has 1 aromatic carbocycles. The Hall–Kier alpha value is -2.60. The maximum absolute atomic E-state index is 11.7. The highest BCUT2D eigenvalue weighted by Gasteiger charge is 2.14. The van der Waals surface area contributed by atoms with Crippen LogP contribution in [0.3, 0.4) is 0 Å². The second-order valence-electron chi connectivity index (χ2n) is 5.05. The molecule has 1 heterocycles. The molecule has 0 saturated carbocycles. The van der Waals surface area contributed by atoms with E-state index in [1.54, 1.807) is 6.92 Å². The van der Waals surface area contributed by atoms with Gasteiger partial charge in [-0.2, -0.15) is 0 Å². The second-order valence-corrected chi connectivity index (χ2v) is 5.05. The minimum Gasteiger partial charge on any atom is -0.478 e. The van der Waals surface area contributed by atoms with Gasteiger partial charge in [-0.15, -0.1) is 0 Å². The average molecular weight is 317 g/mol. The van der Waals surface area contributed by atoms with Gasteiger partial charge in [-0.3, -0.25) is 4.79 Å². The van der Waals surface area contributed by atoms with Crippen molar-refractivity contribution >= 4 is 11.9 Å². The molecule has 2 aromatic rings. The van der Waals surface area contributed by atoms with Gasteiger partial charge in [0.05, 0.1) is 19.8 Å². The van der Waals surface area contributed by atoms with Crippen molar-refractivity contribution < 1.29 is 23.8 Å². The monoisotopic (exact) mass is 317 g/mol. The fourth-order valence-electron chi connectivity index (χ4n) is 2.05. The molecule has 1 amide bonds. The van der Waals surface area contributed by atoms with Gasteiger partial charge >= 0.3 is 5.97 Å². The van der Waals surface area contributed by atoms with E-state index in [0.29, 0.717) is 24.7 Å². The van der Waals surface area contributed by atoms with Crippen molar-refractivity contribution in [2.24, 2.45) is 0 Å². The summed E-state index contributed by atoms with van der Waals surface area (Å²) in [5.74, 6) is -0.478. The normalized spacial score (nSPS) is 10.5. The highest BCUT2D eigenvalue weighted by Crippen LogP contribution is 2.14. The Morgan fingerprint density at radius 1 is 1.26 bits per heavy atom. The number of benzene rings is 1. The van der Waals surface area contributed by atoms with E-state index in [0.717, 1.165) is 5.56 Å². The molecule has 0 aliphatic rings. The van der Waals surface area contributed by atoms with Crippen molar-refractivity contribution in [3.05, 3.63) is 59.0 Å². The summed E-state index contributed by atoms with van der Waals surface area (Å²) in [6.45, 7) is 2.52. The standard InChI is InChI=1S/C17H19NO5/c1-12-15(17(20)21)9-14(23-12)10-18-16(19)7-8-22-11-13-5-3-2-4-6-13/h2-6,9H,7-8,10-11H2,1H3,(H,18,19)(H,20,21). The molecule has 0 radical (unpaired) electrons. The zero-order valence-electron chi connectivity index (χ0n) is 12.9. The van der Waals surface area contributed by atoms with Crippen molar-refractivity contribution in [3.8, 4) is 0 Å². The third kappa shape index (κ3) is 5.27. The van der Waals surface area contributed by atoms with Crippen LogP contribution in [0.4, 0.5) is 0 Å². The van der Waals surface area contributed by atoms with Crippen molar-refractivity contribution in [1.29, 1.82) is 0 Å². The van der Waals surface area contributed by atoms with Crippen molar-refractivity contribution in [3.63, 3.8) is 0 Å². The fourth-order valence-corrected chi connectivity index (χ4v) is 2.05. The second kappa shape index (κ2) is 8.14. The molecule has 0 saturated heterocycles. The molecule has 0 atom stereocenters. The summed E-state index contributed by atoms with van der Waals surface area (Å²) in [7, 11) is 0. The SMILES string of the molecule is Cc1oc(CNC(=O)CCOCc2ccccc2)cc1C(=O)O. The first kappa shape index (κ1) is 16.8. The van der Waals surface area contributed by atoms with E-state index in [9.17, 15) is 9.59 Å². The molecule has 0 fully saturated rings. The van der Waals surface area contributed by atoms with E-state index in [-0.39, 0.29) is 24.4 Å².